The van der Waals surface area contributed by atoms with Crippen LogP contribution in [0.25, 0.3) is 43.4 Å². The molecule has 0 saturated carbocycles. The second kappa shape index (κ2) is 29.7. The molecule has 0 spiro atoms. The highest BCUT2D eigenvalue weighted by molar-refractivity contribution is 7.15. The molecule has 2 aromatic carbocycles. The van der Waals surface area contributed by atoms with Gasteiger partial charge in [-0.2, -0.15) is 0 Å². The summed E-state index contributed by atoms with van der Waals surface area (Å²) in [7, 11) is 0. The fourth-order valence-corrected chi connectivity index (χ4v) is 17.5. The maximum atomic E-state index is 15.8. The van der Waals surface area contributed by atoms with Crippen molar-refractivity contribution in [2.45, 2.75) is 76.3 Å². The smallest absolute Gasteiger partial charge is 0.407 e. The predicted molar refractivity (Wildman–Crippen MR) is 369 cm³/mol. The average molecular weight is 1420 g/mol. The van der Waals surface area contributed by atoms with Crippen LogP contribution in [0.2, 0.25) is 0 Å². The van der Waals surface area contributed by atoms with E-state index < -0.39 is 77.7 Å². The molecule has 6 amide bonds. The Balaban J connectivity index is 0.900. The van der Waals surface area contributed by atoms with Crippen molar-refractivity contribution in [3.8, 4) is 43.4 Å². The molecule has 25 nitrogen and oxygen atoms in total. The number of ketones is 1. The van der Waals surface area contributed by atoms with E-state index in [4.69, 9.17) is 50.1 Å². The van der Waals surface area contributed by atoms with E-state index in [1.165, 1.54) is 50.7 Å². The van der Waals surface area contributed by atoms with Crippen molar-refractivity contribution in [1.29, 1.82) is 0 Å². The summed E-state index contributed by atoms with van der Waals surface area (Å²) in [5, 5.41) is 35.2. The molecule has 7 aromatic heterocycles. The van der Waals surface area contributed by atoms with Gasteiger partial charge in [-0.05, 0) is 37.1 Å². The molecule has 31 heteroatoms. The van der Waals surface area contributed by atoms with Gasteiger partial charge in [-0.25, -0.2) is 39.7 Å². The number of thiazole rings is 6. The maximum Gasteiger partial charge on any atom is 0.407 e. The van der Waals surface area contributed by atoms with Gasteiger partial charge in [0.15, 0.2) is 5.78 Å². The standard InChI is InChI=1S/C66H67N15O10S6/c1-34-9-11-37(12-10-34)25-43-65(88)81-28-50(91-66(89)69-17-18-79-21-23-90-24-22-79)35(2)54(81)63-76-47(32-96-63)61-73-44(29-94-61)53-39(13-14-41(70-53)60-77-48(33-95-60)64(87)80-19-15-68-16-20-80)58-74-45(30-92-58)56(85)71-42(27-51(67)83)62-78-52(36(3)97-62)49(82)26-40(55(84)38-7-5-4-6-8-38)59-75-46(31-93-59)57(86)72-43/h4-14,29-33,35,40,42-43,50,54-55,68,84H,15-28H2,1-3H3,(H2,67,83)(H,69,89)(H,71,85)(H,72,86)/t35-,40-,42-,43-,50-,54-,55+/m0/s1. The number of primary amides is 1. The molecule has 13 rings (SSSR count). The van der Waals surface area contributed by atoms with Crippen molar-refractivity contribution in [3.05, 3.63) is 153 Å². The Morgan fingerprint density at radius 1 is 0.711 bits per heavy atom. The Labute approximate surface area is 581 Å². The molecule has 502 valence electrons. The third kappa shape index (κ3) is 15.1. The Bertz CT molecular complexity index is 4390. The fraction of sp³-hybridized carbons (Fsp3) is 0.364. The number of aryl methyl sites for hydroxylation is 2. The lowest BCUT2D eigenvalue weighted by Crippen LogP contribution is -2.50. The number of pyridine rings is 1. The lowest BCUT2D eigenvalue weighted by Gasteiger charge is -2.29. The number of nitrogens with one attached hydrogen (secondary N) is 4. The van der Waals surface area contributed by atoms with Crippen LogP contribution >= 0.6 is 68.0 Å². The zero-order valence-electron chi connectivity index (χ0n) is 52.8. The normalized spacial score (nSPS) is 20.7. The van der Waals surface area contributed by atoms with E-state index in [0.717, 1.165) is 46.9 Å². The first-order chi connectivity index (χ1) is 47.0. The quantitative estimate of drug-likeness (QED) is 0.0677. The summed E-state index contributed by atoms with van der Waals surface area (Å²) >= 11 is 7.24. The molecule has 10 bridgehead atoms. The van der Waals surface area contributed by atoms with Crippen LogP contribution < -0.4 is 27.0 Å². The van der Waals surface area contributed by atoms with Crippen molar-refractivity contribution in [1.82, 2.24) is 70.9 Å². The van der Waals surface area contributed by atoms with E-state index in [2.05, 4.69) is 26.2 Å². The summed E-state index contributed by atoms with van der Waals surface area (Å²) < 4.78 is 11.7. The summed E-state index contributed by atoms with van der Waals surface area (Å²) in [6.45, 7) is 11.5. The van der Waals surface area contributed by atoms with Crippen LogP contribution in [0.5, 0.6) is 0 Å². The van der Waals surface area contributed by atoms with E-state index in [1.54, 1.807) is 63.9 Å². The Morgan fingerprint density at radius 2 is 1.38 bits per heavy atom. The van der Waals surface area contributed by atoms with Gasteiger partial charge in [-0.15, -0.1) is 68.0 Å². The average Bonchev–Trinajstić information content (AvgIpc) is 1.63. The number of nitrogens with two attached hydrogens (primary N) is 1. The number of morpholine rings is 1. The highest BCUT2D eigenvalue weighted by Gasteiger charge is 2.48. The highest BCUT2D eigenvalue weighted by atomic mass is 32.1. The molecule has 4 aliphatic heterocycles. The molecular weight excluding hydrogens is 1360 g/mol. The predicted octanol–water partition coefficient (Wildman–Crippen LogP) is 7.89. The molecule has 3 saturated heterocycles. The van der Waals surface area contributed by atoms with Crippen molar-refractivity contribution in [3.63, 3.8) is 0 Å². The van der Waals surface area contributed by atoms with Crippen molar-refractivity contribution >= 4 is 109 Å². The van der Waals surface area contributed by atoms with Gasteiger partial charge in [0.05, 0.1) is 55.1 Å². The summed E-state index contributed by atoms with van der Waals surface area (Å²) in [6.07, 6.45) is -3.42. The summed E-state index contributed by atoms with van der Waals surface area (Å²) in [5.41, 5.74) is 10.6. The number of hydrogen-bond acceptors (Lipinski definition) is 25. The van der Waals surface area contributed by atoms with Crippen molar-refractivity contribution in [2.24, 2.45) is 11.7 Å². The van der Waals surface area contributed by atoms with Gasteiger partial charge in [0.2, 0.25) is 11.8 Å². The molecule has 4 aliphatic rings. The molecule has 0 radical (unpaired) electrons. The molecule has 0 aliphatic carbocycles. The van der Waals surface area contributed by atoms with Gasteiger partial charge in [0.1, 0.15) is 77.0 Å². The lowest BCUT2D eigenvalue weighted by molar-refractivity contribution is -0.134. The number of aliphatic hydroxyl groups is 1. The van der Waals surface area contributed by atoms with Gasteiger partial charge < -0.3 is 51.4 Å². The first kappa shape index (κ1) is 67.1. The molecule has 0 unspecified atom stereocenters. The largest absolute Gasteiger partial charge is 0.444 e. The second-order valence-electron chi connectivity index (χ2n) is 24.0. The first-order valence-electron chi connectivity index (χ1n) is 31.5. The number of carbonyl (C=O) groups excluding carboxylic acids is 7. The van der Waals surface area contributed by atoms with E-state index >= 15 is 4.79 Å². The van der Waals surface area contributed by atoms with Crippen LogP contribution in [0.1, 0.15) is 122 Å². The van der Waals surface area contributed by atoms with Crippen molar-refractivity contribution in [2.75, 3.05) is 72.1 Å². The Kier molecular flexibility index (Phi) is 20.5. The van der Waals surface area contributed by atoms with Gasteiger partial charge in [-0.3, -0.25) is 33.7 Å². The van der Waals surface area contributed by atoms with Gasteiger partial charge >= 0.3 is 6.09 Å². The van der Waals surface area contributed by atoms with Crippen LogP contribution in [0.15, 0.2) is 93.6 Å². The number of ether oxygens (including phenoxy) is 2. The number of Topliss-reactive ketones (excluding diaryl/α,β-unsaturated/α-hetero) is 1. The second-order valence-corrected chi connectivity index (χ2v) is 29.6. The highest BCUT2D eigenvalue weighted by Crippen LogP contribution is 2.44. The minimum atomic E-state index is -1.30. The molecule has 9 aromatic rings. The number of nitrogens with zero attached hydrogens (tertiary/aromatic N) is 10. The van der Waals surface area contributed by atoms with Gasteiger partial charge in [-0.1, -0.05) is 67.1 Å². The Hall–Kier alpha value is -8.50. The van der Waals surface area contributed by atoms with Crippen LogP contribution in [0, 0.1) is 19.8 Å². The number of fused-ring (bicyclic) bond motifs is 16. The van der Waals surface area contributed by atoms with E-state index in [0.29, 0.717) is 117 Å². The third-order valence-electron chi connectivity index (χ3n) is 17.3. The molecule has 3 fully saturated rings. The minimum absolute atomic E-state index is 0.00409. The summed E-state index contributed by atoms with van der Waals surface area (Å²) in [6, 6.07) is 16.9. The molecule has 97 heavy (non-hydrogen) atoms. The molecule has 7 atom stereocenters. The van der Waals surface area contributed by atoms with Gasteiger partial charge in [0, 0.05) is 114 Å². The first-order valence-corrected chi connectivity index (χ1v) is 36.7. The number of benzene rings is 2. The van der Waals surface area contributed by atoms with Crippen LogP contribution in [0.4, 0.5) is 4.79 Å². The number of piperazine rings is 1. The number of rotatable bonds is 12. The lowest BCUT2D eigenvalue weighted by atomic mass is 9.90. The number of carbonyl (C=O) groups is 7. The maximum absolute atomic E-state index is 15.8. The zero-order chi connectivity index (χ0) is 67.4. The summed E-state index contributed by atoms with van der Waals surface area (Å²) in [5.74, 6) is -4.78. The number of alkyl carbamates (subject to hydrolysis) is 1. The van der Waals surface area contributed by atoms with E-state index in [9.17, 15) is 33.9 Å². The third-order valence-corrected chi connectivity index (χ3v) is 22.9. The summed E-state index contributed by atoms with van der Waals surface area (Å²) in [4.78, 5) is 141. The molecular formula is C66H67N15O10S6. The topological polar surface area (TPSA) is 332 Å². The SMILES string of the molecule is Cc1ccc(C[C@@H]2NC(=O)c3csc(n3)[C@H]([C@H](O)c3ccccc3)CC(=O)c3nc(sc3C)[C@H](CC(N)=O)NC(=O)c3csc(n3)-c3ccc(-c4nc(C(=O)N5CCNCC5)cs4)nc3-c3csc(n3)-c3csc(n3)[C@@H]3[C@@H](C)[C@@H](OC(=O)NCCN4CCOCC4)CN3C2=O)cc1. The minimum Gasteiger partial charge on any atom is -0.444 e. The van der Waals surface area contributed by atoms with Crippen molar-refractivity contribution < 1.29 is 48.1 Å². The molecule has 11 heterocycles. The van der Waals surface area contributed by atoms with Crippen LogP contribution in [0.3, 0.4) is 0 Å². The van der Waals surface area contributed by atoms with E-state index in [1.807, 2.05) is 54.9 Å². The monoisotopic (exact) mass is 1420 g/mol. The number of hydrogen-bond donors (Lipinski definition) is 6. The fourth-order valence-electron chi connectivity index (χ4n) is 12.1. The number of aliphatic hydroxyl groups excluding tert-OH is 1. The van der Waals surface area contributed by atoms with Gasteiger partial charge in [0.25, 0.3) is 17.7 Å². The van der Waals surface area contributed by atoms with Crippen LogP contribution in [-0.4, -0.2) is 180 Å². The number of aromatic nitrogens is 7. The van der Waals surface area contributed by atoms with Crippen LogP contribution in [-0.2, 0) is 25.5 Å². The molecule has 7 N–H and O–H groups in total. The number of amides is 6. The Morgan fingerprint density at radius 3 is 2.15 bits per heavy atom. The van der Waals surface area contributed by atoms with E-state index in [-0.39, 0.29) is 58.8 Å². The zero-order valence-corrected chi connectivity index (χ0v) is 57.7.